The molecular weight excluding hydrogens is 470 g/mol. The number of aryl methyl sites for hydroxylation is 1. The van der Waals surface area contributed by atoms with Crippen molar-refractivity contribution < 1.29 is 14.3 Å². The van der Waals surface area contributed by atoms with Gasteiger partial charge in [-0.3, -0.25) is 9.59 Å². The first kappa shape index (κ1) is 36.8. The van der Waals surface area contributed by atoms with Gasteiger partial charge in [-0.1, -0.05) is 101 Å². The summed E-state index contributed by atoms with van der Waals surface area (Å²) in [4.78, 5) is 22.6. The van der Waals surface area contributed by atoms with Gasteiger partial charge in [-0.05, 0) is 63.5 Å². The number of carbonyl (C=O) groups is 2. The number of amides is 1. The average molecular weight is 522 g/mol. The first-order valence-electron chi connectivity index (χ1n) is 13.6. The lowest BCUT2D eigenvalue weighted by Crippen LogP contribution is -2.24. The zero-order valence-corrected chi connectivity index (χ0v) is 25.1. The minimum Gasteiger partial charge on any atom is -0.489 e. The van der Waals surface area contributed by atoms with Crippen LogP contribution in [-0.2, 0) is 16.1 Å². The highest BCUT2D eigenvalue weighted by atomic mass is 16.5. The van der Waals surface area contributed by atoms with Crippen molar-refractivity contribution in [2.24, 2.45) is 5.92 Å². The van der Waals surface area contributed by atoms with Gasteiger partial charge in [-0.25, -0.2) is 0 Å². The lowest BCUT2D eigenvalue weighted by atomic mass is 10.1. The molecule has 0 aliphatic heterocycles. The Balaban J connectivity index is 0. The van der Waals surface area contributed by atoms with E-state index in [0.717, 1.165) is 35.4 Å². The number of ether oxygens (including phenoxy) is 1. The molecule has 0 spiro atoms. The summed E-state index contributed by atoms with van der Waals surface area (Å²) in [6.07, 6.45) is 11.0. The van der Waals surface area contributed by atoms with E-state index in [2.05, 4.69) is 25.7 Å². The van der Waals surface area contributed by atoms with E-state index in [9.17, 15) is 9.59 Å². The number of benzene rings is 2. The van der Waals surface area contributed by atoms with Gasteiger partial charge in [0.25, 0.3) is 5.91 Å². The Kier molecular flexibility index (Phi) is 24.4. The normalized spacial score (nSPS) is 10.9. The maximum absolute atomic E-state index is 11.5. The van der Waals surface area contributed by atoms with Crippen molar-refractivity contribution in [3.05, 3.63) is 108 Å². The molecule has 0 heterocycles. The van der Waals surface area contributed by atoms with E-state index >= 15 is 0 Å². The third-order valence-corrected chi connectivity index (χ3v) is 5.15. The fraction of sp³-hybridized carbons (Fsp3) is 0.412. The average Bonchev–Trinajstić information content (AvgIpc) is 2.93. The molecule has 0 aliphatic carbocycles. The second kappa shape index (κ2) is 25.3. The number of ketones is 1. The predicted molar refractivity (Wildman–Crippen MR) is 164 cm³/mol. The van der Waals surface area contributed by atoms with Gasteiger partial charge in [0.05, 0.1) is 0 Å². The summed E-state index contributed by atoms with van der Waals surface area (Å²) >= 11 is 0. The largest absolute Gasteiger partial charge is 0.489 e. The summed E-state index contributed by atoms with van der Waals surface area (Å²) in [5.41, 5.74) is 2.93. The van der Waals surface area contributed by atoms with Gasteiger partial charge < -0.3 is 10.1 Å². The molecule has 0 radical (unpaired) electrons. The molecular formula is C34H51NO3. The lowest BCUT2D eigenvalue weighted by molar-refractivity contribution is -0.118. The number of unbranched alkanes of at least 4 members (excludes halogenated alkanes) is 1. The number of Topliss-reactive ketones (excluding diaryl/α,β-unsaturated/α-hetero) is 1. The van der Waals surface area contributed by atoms with Crippen LogP contribution < -0.4 is 5.32 Å². The van der Waals surface area contributed by atoms with E-state index < -0.39 is 0 Å². The number of allylic oxidation sites excluding steroid dienone is 4. The summed E-state index contributed by atoms with van der Waals surface area (Å²) in [6, 6.07) is 17.6. The van der Waals surface area contributed by atoms with Gasteiger partial charge in [0.2, 0.25) is 0 Å². The predicted octanol–water partition coefficient (Wildman–Crippen LogP) is 9.02. The summed E-state index contributed by atoms with van der Waals surface area (Å²) < 4.78 is 5.67. The van der Waals surface area contributed by atoms with Crippen LogP contribution in [0.15, 0.2) is 91.2 Å². The Morgan fingerprint density at radius 3 is 1.97 bits per heavy atom. The highest BCUT2D eigenvalue weighted by Gasteiger charge is 2.05. The van der Waals surface area contributed by atoms with E-state index in [1.807, 2.05) is 107 Å². The van der Waals surface area contributed by atoms with Gasteiger partial charge >= 0.3 is 0 Å². The first-order valence-corrected chi connectivity index (χ1v) is 13.6. The van der Waals surface area contributed by atoms with Gasteiger partial charge in [-0.2, -0.15) is 0 Å². The molecule has 1 N–H and O–H groups in total. The van der Waals surface area contributed by atoms with Crippen LogP contribution in [0.1, 0.15) is 89.2 Å². The highest BCUT2D eigenvalue weighted by Crippen LogP contribution is 2.09. The molecule has 0 aliphatic rings. The standard InChI is InChI=1S/C16H20O2.C11H15NO.C4H10.C3H6/c1-4-16(11-10-13(2)14(3)17)18-12-15-8-6-5-7-9-15;1-3-8-12-11(13)10-7-5-4-6-9(10)2;1-3-4-2;1-3-2/h4-11,13H,12H2,1-3H3;4-7H,3,8H2,1-2H3,(H,12,13);3-4H2,1-2H3;3H,1H2,2H3/b11-10-,16-4+;;;. The molecule has 4 nitrogen and oxygen atoms in total. The zero-order valence-electron chi connectivity index (χ0n) is 25.1. The fourth-order valence-electron chi connectivity index (χ4n) is 2.50. The van der Waals surface area contributed by atoms with E-state index in [1.165, 1.54) is 12.8 Å². The van der Waals surface area contributed by atoms with Gasteiger partial charge in [-0.15, -0.1) is 6.58 Å². The molecule has 0 aromatic heterocycles. The molecule has 2 aromatic rings. The third-order valence-electron chi connectivity index (χ3n) is 5.15. The van der Waals surface area contributed by atoms with Crippen molar-refractivity contribution in [3.8, 4) is 0 Å². The topological polar surface area (TPSA) is 55.4 Å². The number of rotatable bonds is 10. The van der Waals surface area contributed by atoms with Crippen molar-refractivity contribution in [2.75, 3.05) is 6.54 Å². The monoisotopic (exact) mass is 521 g/mol. The molecule has 2 aromatic carbocycles. The number of hydrogen-bond acceptors (Lipinski definition) is 3. The Hall–Kier alpha value is -3.40. The smallest absolute Gasteiger partial charge is 0.251 e. The van der Waals surface area contributed by atoms with Crippen LogP contribution in [0.5, 0.6) is 0 Å². The van der Waals surface area contributed by atoms with E-state index in [1.54, 1.807) is 13.0 Å². The van der Waals surface area contributed by atoms with Gasteiger partial charge in [0.15, 0.2) is 0 Å². The molecule has 1 unspecified atom stereocenters. The number of carbonyl (C=O) groups excluding carboxylic acids is 2. The van der Waals surface area contributed by atoms with Crippen molar-refractivity contribution in [2.45, 2.75) is 81.3 Å². The third kappa shape index (κ3) is 19.7. The summed E-state index contributed by atoms with van der Waals surface area (Å²) in [5.74, 6) is 0.900. The molecule has 0 saturated heterocycles. The van der Waals surface area contributed by atoms with E-state index in [4.69, 9.17) is 4.74 Å². The Morgan fingerprint density at radius 2 is 1.50 bits per heavy atom. The van der Waals surface area contributed by atoms with Crippen LogP contribution in [0.4, 0.5) is 0 Å². The number of nitrogens with one attached hydrogen (secondary N) is 1. The Labute approximate surface area is 232 Å². The molecule has 1 atom stereocenters. The van der Waals surface area contributed by atoms with Crippen molar-refractivity contribution in [1.82, 2.24) is 5.32 Å². The summed E-state index contributed by atoms with van der Waals surface area (Å²) in [7, 11) is 0. The van der Waals surface area contributed by atoms with Crippen LogP contribution in [0.25, 0.3) is 0 Å². The summed E-state index contributed by atoms with van der Waals surface area (Å²) in [5, 5.41) is 2.85. The maximum atomic E-state index is 11.5. The minimum atomic E-state index is -0.0692. The molecule has 38 heavy (non-hydrogen) atoms. The molecule has 2 rings (SSSR count). The van der Waals surface area contributed by atoms with Crippen LogP contribution in [0.2, 0.25) is 0 Å². The summed E-state index contributed by atoms with van der Waals surface area (Å²) in [6.45, 7) is 20.3. The van der Waals surface area contributed by atoms with Crippen molar-refractivity contribution in [1.29, 1.82) is 0 Å². The second-order valence-electron chi connectivity index (χ2n) is 8.70. The maximum Gasteiger partial charge on any atom is 0.251 e. The molecule has 0 bridgehead atoms. The Morgan fingerprint density at radius 1 is 0.947 bits per heavy atom. The zero-order chi connectivity index (χ0) is 29.2. The SMILES string of the molecule is C/C=C(\C=C/C(C)C(C)=O)OCc1ccccc1.C=CC.CCCC.CCCNC(=O)c1ccccc1C. The van der Waals surface area contributed by atoms with Crippen LogP contribution in [-0.4, -0.2) is 18.2 Å². The van der Waals surface area contributed by atoms with Crippen molar-refractivity contribution in [3.63, 3.8) is 0 Å². The second-order valence-corrected chi connectivity index (χ2v) is 8.70. The molecule has 210 valence electrons. The number of hydrogen-bond donors (Lipinski definition) is 1. The van der Waals surface area contributed by atoms with E-state index in [-0.39, 0.29) is 17.6 Å². The molecule has 4 heteroatoms. The van der Waals surface area contributed by atoms with Gasteiger partial charge in [0.1, 0.15) is 18.1 Å². The van der Waals surface area contributed by atoms with Crippen LogP contribution >= 0.6 is 0 Å². The quantitative estimate of drug-likeness (QED) is 0.193. The van der Waals surface area contributed by atoms with Crippen LogP contribution in [0.3, 0.4) is 0 Å². The van der Waals surface area contributed by atoms with Crippen LogP contribution in [0, 0.1) is 12.8 Å². The van der Waals surface area contributed by atoms with E-state index in [0.29, 0.717) is 6.61 Å². The lowest BCUT2D eigenvalue weighted by Gasteiger charge is -2.07. The molecule has 0 fully saturated rings. The first-order chi connectivity index (χ1) is 18.2. The van der Waals surface area contributed by atoms with Crippen molar-refractivity contribution >= 4 is 11.7 Å². The minimum absolute atomic E-state index is 0.0277. The fourth-order valence-corrected chi connectivity index (χ4v) is 2.50. The van der Waals surface area contributed by atoms with Gasteiger partial charge in [0, 0.05) is 18.0 Å². The highest BCUT2D eigenvalue weighted by molar-refractivity contribution is 5.95. The molecule has 0 saturated carbocycles. The Bertz CT molecular complexity index is 943. The molecule has 1 amide bonds.